The maximum Gasteiger partial charge on any atom is 0.305 e. The predicted molar refractivity (Wildman–Crippen MR) is 133 cm³/mol. The van der Waals surface area contributed by atoms with Crippen molar-refractivity contribution in [3.8, 4) is 0 Å². The molecule has 0 amide bonds. The summed E-state index contributed by atoms with van der Waals surface area (Å²) in [4.78, 5) is 11.5. The third-order valence-electron chi connectivity index (χ3n) is 6.66. The second kappa shape index (κ2) is 23.1. The summed E-state index contributed by atoms with van der Waals surface area (Å²) in [5.74, 6) is -0.0495. The molecule has 0 spiro atoms. The maximum absolute atomic E-state index is 11.5. The Kier molecular flexibility index (Phi) is 24.3. The highest BCUT2D eigenvalue weighted by Gasteiger charge is 2.23. The van der Waals surface area contributed by atoms with Crippen LogP contribution in [0.1, 0.15) is 156 Å². The molecule has 0 fully saturated rings. The number of hydrogen-bond donors (Lipinski definition) is 1. The van der Waals surface area contributed by atoms with Gasteiger partial charge >= 0.3 is 5.97 Å². The Morgan fingerprint density at radius 3 is 1.30 bits per heavy atom. The normalized spacial score (nSPS) is 11.3. The van der Waals surface area contributed by atoms with Crippen molar-refractivity contribution < 1.29 is 9.53 Å². The van der Waals surface area contributed by atoms with Gasteiger partial charge in [-0.05, 0) is 31.1 Å². The van der Waals surface area contributed by atoms with Crippen molar-refractivity contribution in [2.75, 3.05) is 7.11 Å². The lowest BCUT2D eigenvalue weighted by atomic mass is 9.76. The van der Waals surface area contributed by atoms with Crippen molar-refractivity contribution in [2.45, 2.75) is 156 Å². The van der Waals surface area contributed by atoms with E-state index >= 15 is 0 Å². The molecule has 0 saturated heterocycles. The molecule has 0 radical (unpaired) electrons. The van der Waals surface area contributed by atoms with Crippen molar-refractivity contribution in [1.29, 1.82) is 0 Å². The molecule has 0 atom stereocenters. The van der Waals surface area contributed by atoms with Gasteiger partial charge in [-0.1, -0.05) is 124 Å². The highest BCUT2D eigenvalue weighted by molar-refractivity contribution is 5.68. The van der Waals surface area contributed by atoms with E-state index in [0.29, 0.717) is 11.8 Å². The largest absolute Gasteiger partial charge is 0.469 e. The smallest absolute Gasteiger partial charge is 0.305 e. The molecule has 30 heavy (non-hydrogen) atoms. The monoisotopic (exact) mass is 427 g/mol. The number of methoxy groups -OCH3 is 1. The van der Waals surface area contributed by atoms with Gasteiger partial charge in [-0.3, -0.25) is 4.79 Å². The van der Waals surface area contributed by atoms with E-state index in [4.69, 9.17) is 4.74 Å². The van der Waals surface area contributed by atoms with Crippen LogP contribution in [0.25, 0.3) is 0 Å². The Hall–Kier alpha value is -0.570. The number of rotatable bonds is 22. The number of carbonyl (C=O) groups is 1. The number of esters is 1. The van der Waals surface area contributed by atoms with Gasteiger partial charge in [-0.25, -0.2) is 0 Å². The lowest BCUT2D eigenvalue weighted by Crippen LogP contribution is -2.17. The molecule has 0 aromatic heterocycles. The predicted octanol–water partition coefficient (Wildman–Crippen LogP) is 9.56. The van der Waals surface area contributed by atoms with E-state index in [2.05, 4.69) is 20.8 Å². The molecule has 0 saturated carbocycles. The first kappa shape index (κ1) is 31.6. The van der Waals surface area contributed by atoms with E-state index in [1.54, 1.807) is 0 Å². The van der Waals surface area contributed by atoms with Crippen LogP contribution in [0.5, 0.6) is 0 Å². The van der Waals surface area contributed by atoms with E-state index in [9.17, 15) is 4.79 Å². The average molecular weight is 428 g/mol. The first-order chi connectivity index (χ1) is 14.1. The van der Waals surface area contributed by atoms with Gasteiger partial charge in [0, 0.05) is 6.42 Å². The Morgan fingerprint density at radius 1 is 0.600 bits per heavy atom. The molecular weight excluding hydrogens is 370 g/mol. The molecule has 3 N–H and O–H groups in total. The SMILES string of the molecule is CCCCCCCCCCC(C)(CCCCCCCCCC)CCCC(=O)OC.N. The van der Waals surface area contributed by atoms with Crippen LogP contribution in [0.3, 0.4) is 0 Å². The zero-order valence-electron chi connectivity index (χ0n) is 21.4. The summed E-state index contributed by atoms with van der Waals surface area (Å²) in [6, 6.07) is 0. The fraction of sp³-hybridized carbons (Fsp3) is 0.963. The van der Waals surface area contributed by atoms with Crippen LogP contribution in [0, 0.1) is 5.41 Å². The fourth-order valence-electron chi connectivity index (χ4n) is 4.51. The van der Waals surface area contributed by atoms with Gasteiger partial charge in [-0.2, -0.15) is 0 Å². The topological polar surface area (TPSA) is 61.3 Å². The molecule has 0 aliphatic rings. The summed E-state index contributed by atoms with van der Waals surface area (Å²) in [5, 5.41) is 0. The molecule has 3 nitrogen and oxygen atoms in total. The Bertz CT molecular complexity index is 337. The maximum atomic E-state index is 11.5. The summed E-state index contributed by atoms with van der Waals surface area (Å²) in [6.45, 7) is 7.05. The molecule has 0 rings (SSSR count). The van der Waals surface area contributed by atoms with Crippen LogP contribution >= 0.6 is 0 Å². The summed E-state index contributed by atoms with van der Waals surface area (Å²) in [7, 11) is 1.50. The lowest BCUT2D eigenvalue weighted by molar-refractivity contribution is -0.140. The lowest BCUT2D eigenvalue weighted by Gasteiger charge is -2.30. The molecule has 0 aromatic carbocycles. The van der Waals surface area contributed by atoms with E-state index in [1.807, 2.05) is 0 Å². The van der Waals surface area contributed by atoms with Crippen LogP contribution in [0.4, 0.5) is 0 Å². The summed E-state index contributed by atoms with van der Waals surface area (Å²) < 4.78 is 4.83. The molecule has 182 valence electrons. The Labute approximate surface area is 190 Å². The second-order valence-electron chi connectivity index (χ2n) is 9.69. The first-order valence-electron chi connectivity index (χ1n) is 13.1. The van der Waals surface area contributed by atoms with Gasteiger partial charge in [-0.15, -0.1) is 0 Å². The highest BCUT2D eigenvalue weighted by atomic mass is 16.5. The molecule has 0 aliphatic heterocycles. The quantitative estimate of drug-likeness (QED) is 0.138. The van der Waals surface area contributed by atoms with Crippen LogP contribution in [-0.2, 0) is 9.53 Å². The van der Waals surface area contributed by atoms with Crippen molar-refractivity contribution in [2.24, 2.45) is 5.41 Å². The third kappa shape index (κ3) is 20.7. The van der Waals surface area contributed by atoms with Crippen LogP contribution in [0.2, 0.25) is 0 Å². The van der Waals surface area contributed by atoms with Gasteiger partial charge < -0.3 is 10.9 Å². The summed E-state index contributed by atoms with van der Waals surface area (Å²) >= 11 is 0. The van der Waals surface area contributed by atoms with Crippen molar-refractivity contribution >= 4 is 5.97 Å². The minimum Gasteiger partial charge on any atom is -0.469 e. The molecule has 0 aromatic rings. The number of carbonyl (C=O) groups excluding carboxylic acids is 1. The molecule has 0 unspecified atom stereocenters. The number of hydrogen-bond acceptors (Lipinski definition) is 3. The van der Waals surface area contributed by atoms with Crippen molar-refractivity contribution in [3.63, 3.8) is 0 Å². The van der Waals surface area contributed by atoms with Crippen LogP contribution in [-0.4, -0.2) is 13.1 Å². The molecule has 3 heteroatoms. The third-order valence-corrected chi connectivity index (χ3v) is 6.66. The van der Waals surface area contributed by atoms with Crippen LogP contribution < -0.4 is 6.15 Å². The van der Waals surface area contributed by atoms with Gasteiger partial charge in [0.1, 0.15) is 0 Å². The fourth-order valence-corrected chi connectivity index (χ4v) is 4.51. The Balaban J connectivity index is 0. The second-order valence-corrected chi connectivity index (χ2v) is 9.69. The highest BCUT2D eigenvalue weighted by Crippen LogP contribution is 2.36. The van der Waals surface area contributed by atoms with Gasteiger partial charge in [0.15, 0.2) is 0 Å². The molecule has 0 bridgehead atoms. The zero-order valence-corrected chi connectivity index (χ0v) is 21.4. The van der Waals surface area contributed by atoms with E-state index in [1.165, 1.54) is 129 Å². The van der Waals surface area contributed by atoms with Gasteiger partial charge in [0.05, 0.1) is 7.11 Å². The number of unbranched alkanes of at least 4 members (excludes halogenated alkanes) is 14. The first-order valence-corrected chi connectivity index (χ1v) is 13.1. The minimum atomic E-state index is -0.0495. The standard InChI is InChI=1S/C27H54O2.H3N/c1-5-7-9-11-13-15-17-19-23-27(3,25-21-22-26(28)29-4)24-20-18-16-14-12-10-8-6-2;/h5-25H2,1-4H3;1H3. The van der Waals surface area contributed by atoms with Crippen molar-refractivity contribution in [1.82, 2.24) is 6.15 Å². The van der Waals surface area contributed by atoms with E-state index in [-0.39, 0.29) is 12.1 Å². The molecule has 0 heterocycles. The number of ether oxygens (including phenoxy) is 1. The zero-order chi connectivity index (χ0) is 21.6. The van der Waals surface area contributed by atoms with E-state index in [0.717, 1.165) is 6.42 Å². The Morgan fingerprint density at radius 2 is 0.933 bits per heavy atom. The minimum absolute atomic E-state index is 0. The average Bonchev–Trinajstić information content (AvgIpc) is 2.72. The van der Waals surface area contributed by atoms with Gasteiger partial charge in [0.2, 0.25) is 0 Å². The van der Waals surface area contributed by atoms with Gasteiger partial charge in [0.25, 0.3) is 0 Å². The van der Waals surface area contributed by atoms with Crippen molar-refractivity contribution in [3.05, 3.63) is 0 Å². The summed E-state index contributed by atoms with van der Waals surface area (Å²) in [6.07, 6.45) is 27.7. The van der Waals surface area contributed by atoms with Crippen LogP contribution in [0.15, 0.2) is 0 Å². The molecular formula is C27H57NO2. The molecule has 0 aliphatic carbocycles. The summed E-state index contributed by atoms with van der Waals surface area (Å²) in [5.41, 5.74) is 0.415. The van der Waals surface area contributed by atoms with E-state index < -0.39 is 0 Å².